The molecule has 0 heterocycles. The summed E-state index contributed by atoms with van der Waals surface area (Å²) in [5.74, 6) is -1.35. The molecule has 0 aliphatic carbocycles. The van der Waals surface area contributed by atoms with Gasteiger partial charge in [-0.05, 0) is 12.0 Å². The lowest BCUT2D eigenvalue weighted by Gasteiger charge is -2.21. The SMILES string of the molecule is CCCC[C@H](NC(=O)OCc1ccccc1)C(=O)N[C@H](CO)C(=O)OC. The first-order valence-corrected chi connectivity index (χ1v) is 8.48. The molecule has 0 saturated carbocycles. The number of ether oxygens (including phenoxy) is 2. The van der Waals surface area contributed by atoms with Crippen LogP contribution in [0.2, 0.25) is 0 Å². The van der Waals surface area contributed by atoms with Crippen LogP contribution in [0.25, 0.3) is 0 Å². The van der Waals surface area contributed by atoms with Gasteiger partial charge >= 0.3 is 12.1 Å². The summed E-state index contributed by atoms with van der Waals surface area (Å²) < 4.78 is 9.63. The van der Waals surface area contributed by atoms with Crippen LogP contribution >= 0.6 is 0 Å². The van der Waals surface area contributed by atoms with Gasteiger partial charge in [0.25, 0.3) is 0 Å². The van der Waals surface area contributed by atoms with E-state index in [1.165, 1.54) is 0 Å². The molecule has 0 aliphatic rings. The molecule has 2 amide bonds. The zero-order valence-electron chi connectivity index (χ0n) is 15.1. The van der Waals surface area contributed by atoms with E-state index in [-0.39, 0.29) is 6.61 Å². The van der Waals surface area contributed by atoms with Crippen molar-refractivity contribution in [3.05, 3.63) is 35.9 Å². The van der Waals surface area contributed by atoms with Crippen molar-refractivity contribution in [3.63, 3.8) is 0 Å². The highest BCUT2D eigenvalue weighted by Gasteiger charge is 2.26. The van der Waals surface area contributed by atoms with E-state index in [4.69, 9.17) is 4.74 Å². The van der Waals surface area contributed by atoms with Crippen LogP contribution in [0.5, 0.6) is 0 Å². The summed E-state index contributed by atoms with van der Waals surface area (Å²) in [6, 6.07) is 7.09. The Morgan fingerprint density at radius 1 is 1.12 bits per heavy atom. The van der Waals surface area contributed by atoms with E-state index in [0.29, 0.717) is 12.8 Å². The lowest BCUT2D eigenvalue weighted by Crippen LogP contribution is -2.53. The number of alkyl carbamates (subject to hydrolysis) is 1. The van der Waals surface area contributed by atoms with E-state index in [0.717, 1.165) is 19.1 Å². The summed E-state index contributed by atoms with van der Waals surface area (Å²) >= 11 is 0. The smallest absolute Gasteiger partial charge is 0.408 e. The third kappa shape index (κ3) is 7.52. The third-order valence-corrected chi connectivity index (χ3v) is 3.65. The molecule has 0 fully saturated rings. The van der Waals surface area contributed by atoms with E-state index < -0.39 is 36.7 Å². The van der Waals surface area contributed by atoms with Crippen molar-refractivity contribution >= 4 is 18.0 Å². The normalized spacial score (nSPS) is 12.6. The average molecular weight is 366 g/mol. The van der Waals surface area contributed by atoms with Gasteiger partial charge in [-0.25, -0.2) is 9.59 Å². The Kier molecular flexibility index (Phi) is 9.78. The second-order valence-corrected chi connectivity index (χ2v) is 5.67. The molecule has 144 valence electrons. The second kappa shape index (κ2) is 11.9. The number of rotatable bonds is 10. The fourth-order valence-corrected chi connectivity index (χ4v) is 2.18. The van der Waals surface area contributed by atoms with Crippen LogP contribution in [0.15, 0.2) is 30.3 Å². The van der Waals surface area contributed by atoms with Crippen molar-refractivity contribution in [2.75, 3.05) is 13.7 Å². The average Bonchev–Trinajstić information content (AvgIpc) is 2.67. The minimum atomic E-state index is -1.18. The Morgan fingerprint density at radius 2 is 1.81 bits per heavy atom. The zero-order valence-corrected chi connectivity index (χ0v) is 15.1. The molecular formula is C18H26N2O6. The molecule has 8 heteroatoms. The van der Waals surface area contributed by atoms with Crippen molar-refractivity contribution in [3.8, 4) is 0 Å². The molecule has 1 aromatic carbocycles. The van der Waals surface area contributed by atoms with Crippen molar-refractivity contribution in [2.45, 2.75) is 44.9 Å². The van der Waals surface area contributed by atoms with Gasteiger partial charge in [-0.1, -0.05) is 50.1 Å². The highest BCUT2D eigenvalue weighted by Crippen LogP contribution is 2.04. The lowest BCUT2D eigenvalue weighted by molar-refractivity contribution is -0.146. The maximum absolute atomic E-state index is 12.3. The van der Waals surface area contributed by atoms with Crippen LogP contribution < -0.4 is 10.6 Å². The first-order chi connectivity index (χ1) is 12.5. The number of esters is 1. The largest absolute Gasteiger partial charge is 0.467 e. The minimum Gasteiger partial charge on any atom is -0.467 e. The Bertz CT molecular complexity index is 578. The van der Waals surface area contributed by atoms with Gasteiger partial charge in [-0.2, -0.15) is 0 Å². The fraction of sp³-hybridized carbons (Fsp3) is 0.500. The van der Waals surface area contributed by atoms with Crippen molar-refractivity contribution < 1.29 is 29.0 Å². The molecule has 0 aliphatic heterocycles. The molecule has 0 bridgehead atoms. The standard InChI is InChI=1S/C18H26N2O6/c1-3-4-10-14(16(22)19-15(11-21)17(23)25-2)20-18(24)26-12-13-8-6-5-7-9-13/h5-9,14-15,21H,3-4,10-12H2,1-2H3,(H,19,22)(H,20,24)/t14-,15+/m0/s1. The monoisotopic (exact) mass is 366 g/mol. The first kappa shape index (κ1) is 21.4. The van der Waals surface area contributed by atoms with E-state index >= 15 is 0 Å². The van der Waals surface area contributed by atoms with Gasteiger partial charge in [0.15, 0.2) is 6.04 Å². The summed E-state index contributed by atoms with van der Waals surface area (Å²) in [4.78, 5) is 35.8. The number of hydrogen-bond donors (Lipinski definition) is 3. The second-order valence-electron chi connectivity index (χ2n) is 5.67. The van der Waals surface area contributed by atoms with Crippen LogP contribution in [0.3, 0.4) is 0 Å². The predicted molar refractivity (Wildman–Crippen MR) is 94.1 cm³/mol. The number of amides is 2. The number of unbranched alkanes of at least 4 members (excludes halogenated alkanes) is 1. The molecule has 0 radical (unpaired) electrons. The Labute approximate surface area is 152 Å². The number of carbonyl (C=O) groups is 3. The highest BCUT2D eigenvalue weighted by molar-refractivity contribution is 5.89. The zero-order chi connectivity index (χ0) is 19.4. The highest BCUT2D eigenvalue weighted by atomic mass is 16.5. The van der Waals surface area contributed by atoms with Crippen molar-refractivity contribution in [1.82, 2.24) is 10.6 Å². The van der Waals surface area contributed by atoms with Gasteiger partial charge in [-0.3, -0.25) is 4.79 Å². The Hall–Kier alpha value is -2.61. The Morgan fingerprint density at radius 3 is 2.38 bits per heavy atom. The number of aliphatic hydroxyl groups excluding tert-OH is 1. The van der Waals surface area contributed by atoms with Crippen LogP contribution in [-0.4, -0.2) is 48.9 Å². The molecule has 26 heavy (non-hydrogen) atoms. The summed E-state index contributed by atoms with van der Waals surface area (Å²) in [6.45, 7) is 1.43. The number of aliphatic hydroxyl groups is 1. The fourth-order valence-electron chi connectivity index (χ4n) is 2.18. The molecule has 3 N–H and O–H groups in total. The van der Waals surface area contributed by atoms with Gasteiger partial charge in [0.1, 0.15) is 12.6 Å². The summed E-state index contributed by atoms with van der Waals surface area (Å²) in [6.07, 6.45) is 1.16. The molecule has 8 nitrogen and oxygen atoms in total. The van der Waals surface area contributed by atoms with Gasteiger partial charge in [0.2, 0.25) is 5.91 Å². The number of nitrogens with one attached hydrogen (secondary N) is 2. The van der Waals surface area contributed by atoms with Crippen LogP contribution in [0.4, 0.5) is 4.79 Å². The molecule has 0 spiro atoms. The quantitative estimate of drug-likeness (QED) is 0.535. The topological polar surface area (TPSA) is 114 Å². The number of carbonyl (C=O) groups excluding carboxylic acids is 3. The first-order valence-electron chi connectivity index (χ1n) is 8.48. The van der Waals surface area contributed by atoms with Gasteiger partial charge in [0.05, 0.1) is 13.7 Å². The van der Waals surface area contributed by atoms with Crippen LogP contribution in [-0.2, 0) is 25.7 Å². The molecule has 2 atom stereocenters. The van der Waals surface area contributed by atoms with Crippen molar-refractivity contribution in [2.24, 2.45) is 0 Å². The number of hydrogen-bond acceptors (Lipinski definition) is 6. The molecule has 1 rings (SSSR count). The molecule has 1 aromatic rings. The Balaban J connectivity index is 2.62. The molecule has 0 aromatic heterocycles. The van der Waals surface area contributed by atoms with E-state index in [2.05, 4.69) is 15.4 Å². The summed E-state index contributed by atoms with van der Waals surface area (Å²) in [5.41, 5.74) is 0.822. The van der Waals surface area contributed by atoms with E-state index in [1.54, 1.807) is 0 Å². The summed E-state index contributed by atoms with van der Waals surface area (Å²) in [5, 5.41) is 14.1. The maximum Gasteiger partial charge on any atom is 0.408 e. The van der Waals surface area contributed by atoms with E-state index in [1.807, 2.05) is 37.3 Å². The number of benzene rings is 1. The third-order valence-electron chi connectivity index (χ3n) is 3.65. The van der Waals surface area contributed by atoms with Crippen LogP contribution in [0.1, 0.15) is 31.7 Å². The lowest BCUT2D eigenvalue weighted by atomic mass is 10.1. The molecule has 0 unspecified atom stereocenters. The minimum absolute atomic E-state index is 0.0796. The van der Waals surface area contributed by atoms with Crippen LogP contribution in [0, 0.1) is 0 Å². The van der Waals surface area contributed by atoms with E-state index in [9.17, 15) is 19.5 Å². The van der Waals surface area contributed by atoms with Gasteiger partial charge in [-0.15, -0.1) is 0 Å². The number of methoxy groups -OCH3 is 1. The maximum atomic E-state index is 12.3. The molecular weight excluding hydrogens is 340 g/mol. The van der Waals surface area contributed by atoms with Gasteiger partial charge < -0.3 is 25.2 Å². The molecule has 0 saturated heterocycles. The summed E-state index contributed by atoms with van der Waals surface area (Å²) in [7, 11) is 1.16. The predicted octanol–water partition coefficient (Wildman–Crippen LogP) is 1.12. The van der Waals surface area contributed by atoms with Gasteiger partial charge in [0, 0.05) is 0 Å². The van der Waals surface area contributed by atoms with Crippen molar-refractivity contribution in [1.29, 1.82) is 0 Å².